The summed E-state index contributed by atoms with van der Waals surface area (Å²) in [6.07, 6.45) is 4.98. The zero-order valence-electron chi connectivity index (χ0n) is 15.6. The third kappa shape index (κ3) is 3.43. The molecule has 0 N–H and O–H groups in total. The Morgan fingerprint density at radius 3 is 2.79 bits per heavy atom. The molecule has 0 saturated carbocycles. The molecule has 7 heteroatoms. The van der Waals surface area contributed by atoms with E-state index in [-0.39, 0.29) is 0 Å². The minimum Gasteiger partial charge on any atom is -0.305 e. The van der Waals surface area contributed by atoms with E-state index in [0.29, 0.717) is 0 Å². The van der Waals surface area contributed by atoms with E-state index in [1.807, 2.05) is 17.4 Å². The van der Waals surface area contributed by atoms with Gasteiger partial charge in [0.05, 0.1) is 5.69 Å². The van der Waals surface area contributed by atoms with Crippen molar-refractivity contribution >= 4 is 34.4 Å². The first kappa shape index (κ1) is 18.1. The molecule has 0 spiro atoms. The Balaban J connectivity index is 1.32. The third-order valence-electron chi connectivity index (χ3n) is 5.06. The Labute approximate surface area is 176 Å². The predicted octanol–water partition coefficient (Wildman–Crippen LogP) is 5.84. The fourth-order valence-electron chi connectivity index (χ4n) is 3.58. The van der Waals surface area contributed by atoms with E-state index < -0.39 is 0 Å². The summed E-state index contributed by atoms with van der Waals surface area (Å²) in [4.78, 5) is 6.32. The largest absolute Gasteiger partial charge is 0.305 e. The van der Waals surface area contributed by atoms with Gasteiger partial charge in [-0.15, -0.1) is 32.9 Å². The quantitative estimate of drug-likeness (QED) is 0.378. The molecule has 3 aromatic heterocycles. The Morgan fingerprint density at radius 2 is 1.89 bits per heavy atom. The maximum absolute atomic E-state index is 4.78. The number of thioether (sulfide) groups is 1. The highest BCUT2D eigenvalue weighted by molar-refractivity contribution is 7.98. The van der Waals surface area contributed by atoms with Gasteiger partial charge in [0.15, 0.2) is 11.0 Å². The van der Waals surface area contributed by atoms with Gasteiger partial charge in [-0.25, -0.2) is 4.98 Å². The van der Waals surface area contributed by atoms with Crippen molar-refractivity contribution < 1.29 is 0 Å². The lowest BCUT2D eigenvalue weighted by Crippen LogP contribution is -2.02. The molecular formula is C21H20N4S3. The van der Waals surface area contributed by atoms with E-state index in [9.17, 15) is 0 Å². The van der Waals surface area contributed by atoms with Gasteiger partial charge in [0.25, 0.3) is 0 Å². The molecule has 4 aromatic rings. The van der Waals surface area contributed by atoms with Gasteiger partial charge >= 0.3 is 0 Å². The molecule has 0 saturated heterocycles. The van der Waals surface area contributed by atoms with Gasteiger partial charge in [-0.1, -0.05) is 42.1 Å². The van der Waals surface area contributed by atoms with E-state index in [0.717, 1.165) is 27.4 Å². The monoisotopic (exact) mass is 424 g/mol. The number of aryl methyl sites for hydroxylation is 1. The summed E-state index contributed by atoms with van der Waals surface area (Å²) in [7, 11) is 2.07. The Hall–Kier alpha value is -1.96. The average molecular weight is 425 g/mol. The number of thiophene rings is 1. The number of aromatic nitrogens is 4. The number of rotatable bonds is 5. The summed E-state index contributed by atoms with van der Waals surface area (Å²) < 4.78 is 2.13. The highest BCUT2D eigenvalue weighted by Crippen LogP contribution is 2.36. The Kier molecular flexibility index (Phi) is 5.05. The summed E-state index contributed by atoms with van der Waals surface area (Å²) in [5, 5.41) is 15.4. The first-order chi connectivity index (χ1) is 13.8. The first-order valence-corrected chi connectivity index (χ1v) is 12.2. The average Bonchev–Trinajstić information content (AvgIpc) is 3.46. The molecule has 0 aliphatic heterocycles. The number of thiazole rings is 1. The molecule has 1 aliphatic carbocycles. The van der Waals surface area contributed by atoms with Crippen LogP contribution in [0, 0.1) is 0 Å². The SMILES string of the molecule is Cn1c(SCc2csc(-c3ccccc3)n2)nnc1-c1csc2c1CCCC2. The van der Waals surface area contributed by atoms with Crippen molar-refractivity contribution in [2.24, 2.45) is 7.05 Å². The standard InChI is InChI=1S/C21H20N4S3/c1-25-19(17-13-26-18-10-6-5-9-16(17)18)23-24-21(25)28-12-15-11-27-20(22-15)14-7-3-2-4-8-14/h2-4,7-8,11,13H,5-6,9-10,12H2,1H3. The molecule has 0 atom stereocenters. The van der Waals surface area contributed by atoms with Crippen molar-refractivity contribution in [3.05, 3.63) is 57.2 Å². The van der Waals surface area contributed by atoms with Crippen LogP contribution in [0.25, 0.3) is 22.0 Å². The summed E-state index contributed by atoms with van der Waals surface area (Å²) in [6.45, 7) is 0. The summed E-state index contributed by atoms with van der Waals surface area (Å²) >= 11 is 5.27. The second kappa shape index (κ2) is 7.81. The molecule has 0 fully saturated rings. The fraction of sp³-hybridized carbons (Fsp3) is 0.286. The first-order valence-electron chi connectivity index (χ1n) is 9.41. The molecule has 0 radical (unpaired) electrons. The molecule has 3 heterocycles. The number of hydrogen-bond acceptors (Lipinski definition) is 6. The van der Waals surface area contributed by atoms with Gasteiger partial charge in [0.1, 0.15) is 5.01 Å². The Bertz CT molecular complexity index is 1090. The van der Waals surface area contributed by atoms with E-state index >= 15 is 0 Å². The smallest absolute Gasteiger partial charge is 0.191 e. The number of hydrogen-bond donors (Lipinski definition) is 0. The van der Waals surface area contributed by atoms with Crippen LogP contribution < -0.4 is 0 Å². The van der Waals surface area contributed by atoms with Gasteiger partial charge in [0.2, 0.25) is 0 Å². The van der Waals surface area contributed by atoms with Gasteiger partial charge in [-0.05, 0) is 31.2 Å². The second-order valence-electron chi connectivity index (χ2n) is 6.92. The zero-order chi connectivity index (χ0) is 18.9. The normalized spacial score (nSPS) is 13.6. The van der Waals surface area contributed by atoms with Crippen LogP contribution in [0.4, 0.5) is 0 Å². The van der Waals surface area contributed by atoms with E-state index in [1.165, 1.54) is 47.3 Å². The van der Waals surface area contributed by atoms with Gasteiger partial charge in [-0.2, -0.15) is 0 Å². The molecule has 28 heavy (non-hydrogen) atoms. The van der Waals surface area contributed by atoms with Crippen molar-refractivity contribution in [2.45, 2.75) is 36.6 Å². The fourth-order valence-corrected chi connectivity index (χ4v) is 6.44. The molecule has 5 rings (SSSR count). The lowest BCUT2D eigenvalue weighted by molar-refractivity contribution is 0.696. The van der Waals surface area contributed by atoms with Crippen LogP contribution in [0.5, 0.6) is 0 Å². The second-order valence-corrected chi connectivity index (χ2v) is 9.69. The van der Waals surface area contributed by atoms with Crippen LogP contribution in [-0.4, -0.2) is 19.7 Å². The highest BCUT2D eigenvalue weighted by atomic mass is 32.2. The van der Waals surface area contributed by atoms with Gasteiger partial charge in [0, 0.05) is 39.6 Å². The zero-order valence-corrected chi connectivity index (χ0v) is 18.0. The van der Waals surface area contributed by atoms with Crippen LogP contribution in [-0.2, 0) is 25.6 Å². The third-order valence-corrected chi connectivity index (χ3v) is 8.14. The summed E-state index contributed by atoms with van der Waals surface area (Å²) in [5.74, 6) is 1.79. The maximum atomic E-state index is 4.78. The van der Waals surface area contributed by atoms with E-state index in [2.05, 4.69) is 56.8 Å². The van der Waals surface area contributed by atoms with Crippen molar-refractivity contribution in [2.75, 3.05) is 0 Å². The van der Waals surface area contributed by atoms with Crippen LogP contribution >= 0.6 is 34.4 Å². The molecule has 0 amide bonds. The minimum atomic E-state index is 0.803. The maximum Gasteiger partial charge on any atom is 0.191 e. The molecule has 142 valence electrons. The van der Waals surface area contributed by atoms with Crippen LogP contribution in [0.2, 0.25) is 0 Å². The molecule has 4 nitrogen and oxygen atoms in total. The molecular weight excluding hydrogens is 404 g/mol. The number of fused-ring (bicyclic) bond motifs is 1. The molecule has 1 aromatic carbocycles. The highest BCUT2D eigenvalue weighted by Gasteiger charge is 2.21. The van der Waals surface area contributed by atoms with Crippen LogP contribution in [0.1, 0.15) is 29.0 Å². The van der Waals surface area contributed by atoms with Crippen molar-refractivity contribution in [1.29, 1.82) is 0 Å². The minimum absolute atomic E-state index is 0.803. The van der Waals surface area contributed by atoms with E-state index in [4.69, 9.17) is 4.98 Å². The van der Waals surface area contributed by atoms with Crippen molar-refractivity contribution in [3.8, 4) is 22.0 Å². The number of nitrogens with zero attached hydrogens (tertiary/aromatic N) is 4. The summed E-state index contributed by atoms with van der Waals surface area (Å²) in [5.41, 5.74) is 5.04. The van der Waals surface area contributed by atoms with E-state index in [1.54, 1.807) is 23.1 Å². The van der Waals surface area contributed by atoms with Gasteiger partial charge < -0.3 is 4.57 Å². The summed E-state index contributed by atoms with van der Waals surface area (Å²) in [6, 6.07) is 10.3. The Morgan fingerprint density at radius 1 is 1.04 bits per heavy atom. The molecule has 0 bridgehead atoms. The number of benzene rings is 1. The predicted molar refractivity (Wildman–Crippen MR) is 118 cm³/mol. The lowest BCUT2D eigenvalue weighted by Gasteiger charge is -2.12. The topological polar surface area (TPSA) is 43.6 Å². The van der Waals surface area contributed by atoms with Gasteiger partial charge in [-0.3, -0.25) is 0 Å². The molecule has 1 aliphatic rings. The lowest BCUT2D eigenvalue weighted by atomic mass is 9.96. The van der Waals surface area contributed by atoms with Crippen molar-refractivity contribution in [1.82, 2.24) is 19.7 Å². The van der Waals surface area contributed by atoms with Crippen LogP contribution in [0.15, 0.2) is 46.2 Å². The van der Waals surface area contributed by atoms with Crippen molar-refractivity contribution in [3.63, 3.8) is 0 Å². The molecule has 0 unspecified atom stereocenters. The van der Waals surface area contributed by atoms with Crippen LogP contribution in [0.3, 0.4) is 0 Å².